The van der Waals surface area contributed by atoms with Gasteiger partial charge in [-0.05, 0) is 29.9 Å². The van der Waals surface area contributed by atoms with Gasteiger partial charge in [-0.15, -0.1) is 0 Å². The summed E-state index contributed by atoms with van der Waals surface area (Å²) in [5.41, 5.74) is 4.40. The first-order valence-corrected chi connectivity index (χ1v) is 9.50. The van der Waals surface area contributed by atoms with Crippen LogP contribution in [0.5, 0.6) is 0 Å². The minimum Gasteiger partial charge on any atom is -0.396 e. The molecule has 1 unspecified atom stereocenters. The second kappa shape index (κ2) is 7.08. The number of aliphatic hydroxyl groups is 1. The number of H-pyrrole nitrogens is 1. The fourth-order valence-corrected chi connectivity index (χ4v) is 3.88. The Morgan fingerprint density at radius 1 is 1.19 bits per heavy atom. The summed E-state index contributed by atoms with van der Waals surface area (Å²) in [5.74, 6) is 0.581. The lowest BCUT2D eigenvalue weighted by Crippen LogP contribution is -2.14. The normalized spacial score (nSPS) is 16.8. The molecule has 0 aliphatic heterocycles. The Bertz CT molecular complexity index is 950. The van der Waals surface area contributed by atoms with Crippen molar-refractivity contribution in [1.29, 1.82) is 0 Å². The average Bonchev–Trinajstić information content (AvgIpc) is 3.13. The molecule has 0 bridgehead atoms. The molecule has 2 N–H and O–H groups in total. The number of rotatable bonds is 4. The molecule has 0 radical (unpaired) electrons. The van der Waals surface area contributed by atoms with E-state index in [1.807, 2.05) is 13.0 Å². The number of hydrogen-bond acceptors (Lipinski definition) is 3. The third-order valence-electron chi connectivity index (χ3n) is 5.54. The van der Waals surface area contributed by atoms with E-state index in [0.717, 1.165) is 11.3 Å². The Labute approximate surface area is 152 Å². The monoisotopic (exact) mass is 351 g/mol. The third-order valence-corrected chi connectivity index (χ3v) is 5.54. The Balaban J connectivity index is 1.66. The van der Waals surface area contributed by atoms with Crippen LogP contribution in [-0.4, -0.2) is 26.3 Å². The number of hydrogen-bond donors (Lipinski definition) is 2. The van der Waals surface area contributed by atoms with Crippen molar-refractivity contribution in [2.75, 3.05) is 6.61 Å². The van der Waals surface area contributed by atoms with Gasteiger partial charge in [0.05, 0.1) is 18.0 Å². The first-order chi connectivity index (χ1) is 12.7. The van der Waals surface area contributed by atoms with Crippen molar-refractivity contribution >= 4 is 5.65 Å². The van der Waals surface area contributed by atoms with Crippen LogP contribution in [-0.2, 0) is 0 Å². The van der Waals surface area contributed by atoms with E-state index in [9.17, 15) is 9.90 Å². The number of aromatic amines is 1. The Hall–Kier alpha value is -2.40. The van der Waals surface area contributed by atoms with Crippen LogP contribution in [0.1, 0.15) is 62.1 Å². The number of nitrogens with one attached hydrogen (secondary N) is 1. The van der Waals surface area contributed by atoms with Crippen LogP contribution in [0.15, 0.2) is 41.2 Å². The van der Waals surface area contributed by atoms with E-state index in [1.165, 1.54) is 42.2 Å². The van der Waals surface area contributed by atoms with E-state index in [4.69, 9.17) is 0 Å². The van der Waals surface area contributed by atoms with Crippen LogP contribution in [0, 0.1) is 0 Å². The molecule has 0 amide bonds. The van der Waals surface area contributed by atoms with Crippen molar-refractivity contribution in [2.24, 2.45) is 0 Å². The quantitative estimate of drug-likeness (QED) is 0.750. The van der Waals surface area contributed by atoms with Crippen molar-refractivity contribution < 1.29 is 5.11 Å². The summed E-state index contributed by atoms with van der Waals surface area (Å²) in [6.45, 7) is 1.89. The van der Waals surface area contributed by atoms with E-state index in [0.29, 0.717) is 17.3 Å². The molecular weight excluding hydrogens is 326 g/mol. The molecule has 1 saturated carbocycles. The lowest BCUT2D eigenvalue weighted by atomic mass is 9.84. The van der Waals surface area contributed by atoms with Gasteiger partial charge in [0, 0.05) is 18.1 Å². The van der Waals surface area contributed by atoms with Gasteiger partial charge >= 0.3 is 0 Å². The standard InChI is InChI=1S/C21H25N3O2/c1-14(13-25)18-11-20-22-19(12-21(26)24(20)23-18)17-9-7-16(8-10-17)15-5-3-2-4-6-15/h7-12,14-15,22,25H,2-6,13H2,1H3. The van der Waals surface area contributed by atoms with Crippen LogP contribution in [0.3, 0.4) is 0 Å². The first-order valence-electron chi connectivity index (χ1n) is 9.50. The molecule has 1 aliphatic carbocycles. The molecule has 4 rings (SSSR count). The number of nitrogens with zero attached hydrogens (tertiary/aromatic N) is 2. The van der Waals surface area contributed by atoms with Gasteiger partial charge in [0.15, 0.2) is 0 Å². The van der Waals surface area contributed by atoms with Gasteiger partial charge in [0.1, 0.15) is 5.65 Å². The molecule has 3 aromatic rings. The van der Waals surface area contributed by atoms with Gasteiger partial charge in [0.25, 0.3) is 5.56 Å². The van der Waals surface area contributed by atoms with Gasteiger partial charge in [-0.1, -0.05) is 50.5 Å². The fraction of sp³-hybridized carbons (Fsp3) is 0.429. The molecule has 1 fully saturated rings. The lowest BCUT2D eigenvalue weighted by Gasteiger charge is -2.22. The maximum Gasteiger partial charge on any atom is 0.274 e. The summed E-state index contributed by atoms with van der Waals surface area (Å²) in [5, 5.41) is 13.6. The molecule has 136 valence electrons. The summed E-state index contributed by atoms with van der Waals surface area (Å²) >= 11 is 0. The Kier molecular flexibility index (Phi) is 4.64. The van der Waals surface area contributed by atoms with E-state index in [1.54, 1.807) is 6.07 Å². The number of benzene rings is 1. The highest BCUT2D eigenvalue weighted by atomic mass is 16.3. The zero-order chi connectivity index (χ0) is 18.1. The van der Waals surface area contributed by atoms with Crippen molar-refractivity contribution in [1.82, 2.24) is 14.6 Å². The zero-order valence-electron chi connectivity index (χ0n) is 15.1. The molecule has 5 nitrogen and oxygen atoms in total. The minimum absolute atomic E-state index is 0.00750. The Morgan fingerprint density at radius 3 is 2.62 bits per heavy atom. The topological polar surface area (TPSA) is 70.4 Å². The number of aromatic nitrogens is 3. The van der Waals surface area contributed by atoms with E-state index in [-0.39, 0.29) is 18.1 Å². The van der Waals surface area contributed by atoms with Gasteiger partial charge in [-0.2, -0.15) is 9.61 Å². The van der Waals surface area contributed by atoms with Crippen molar-refractivity contribution in [3.63, 3.8) is 0 Å². The van der Waals surface area contributed by atoms with Crippen molar-refractivity contribution in [3.8, 4) is 11.3 Å². The predicted octanol–water partition coefficient (Wildman–Crippen LogP) is 3.83. The fourth-order valence-electron chi connectivity index (χ4n) is 3.88. The summed E-state index contributed by atoms with van der Waals surface area (Å²) in [6, 6.07) is 12.0. The van der Waals surface area contributed by atoms with Gasteiger partial charge in [0.2, 0.25) is 0 Å². The number of fused-ring (bicyclic) bond motifs is 1. The molecule has 2 aromatic heterocycles. The van der Waals surface area contributed by atoms with Crippen LogP contribution < -0.4 is 5.56 Å². The summed E-state index contributed by atoms with van der Waals surface area (Å²) in [6.07, 6.45) is 6.57. The van der Waals surface area contributed by atoms with Crippen LogP contribution in [0.2, 0.25) is 0 Å². The molecular formula is C21H25N3O2. The molecule has 26 heavy (non-hydrogen) atoms. The predicted molar refractivity (Wildman–Crippen MR) is 103 cm³/mol. The second-order valence-electron chi connectivity index (χ2n) is 7.43. The van der Waals surface area contributed by atoms with E-state index in [2.05, 4.69) is 34.3 Å². The van der Waals surface area contributed by atoms with Gasteiger partial charge < -0.3 is 10.1 Å². The molecule has 2 heterocycles. The number of aliphatic hydroxyl groups excluding tert-OH is 1. The average molecular weight is 351 g/mol. The van der Waals surface area contributed by atoms with Crippen molar-refractivity contribution in [3.05, 3.63) is 58.0 Å². The van der Waals surface area contributed by atoms with Crippen LogP contribution in [0.25, 0.3) is 16.9 Å². The largest absolute Gasteiger partial charge is 0.396 e. The molecule has 1 aliphatic rings. The zero-order valence-corrected chi connectivity index (χ0v) is 15.1. The maximum atomic E-state index is 12.4. The minimum atomic E-state index is -0.165. The molecule has 1 aromatic carbocycles. The highest BCUT2D eigenvalue weighted by Crippen LogP contribution is 2.33. The van der Waals surface area contributed by atoms with Crippen LogP contribution in [0.4, 0.5) is 0 Å². The van der Waals surface area contributed by atoms with Gasteiger partial charge in [-0.25, -0.2) is 0 Å². The van der Waals surface area contributed by atoms with Gasteiger partial charge in [-0.3, -0.25) is 4.79 Å². The van der Waals surface area contributed by atoms with Crippen molar-refractivity contribution in [2.45, 2.75) is 50.9 Å². The third kappa shape index (κ3) is 3.19. The molecule has 0 spiro atoms. The van der Waals surface area contributed by atoms with E-state index >= 15 is 0 Å². The maximum absolute atomic E-state index is 12.4. The highest BCUT2D eigenvalue weighted by Gasteiger charge is 2.16. The Morgan fingerprint density at radius 2 is 1.92 bits per heavy atom. The summed E-state index contributed by atoms with van der Waals surface area (Å²) < 4.78 is 1.36. The molecule has 5 heteroatoms. The second-order valence-corrected chi connectivity index (χ2v) is 7.43. The SMILES string of the molecule is CC(CO)c1cc2[nH]c(-c3ccc(C4CCCCC4)cc3)cc(=O)n2n1. The smallest absolute Gasteiger partial charge is 0.274 e. The van der Waals surface area contributed by atoms with Crippen LogP contribution >= 0.6 is 0 Å². The summed E-state index contributed by atoms with van der Waals surface area (Å²) in [7, 11) is 0. The molecule has 1 atom stereocenters. The first kappa shape index (κ1) is 17.0. The summed E-state index contributed by atoms with van der Waals surface area (Å²) in [4.78, 5) is 15.7. The lowest BCUT2D eigenvalue weighted by molar-refractivity contribution is 0.271. The van der Waals surface area contributed by atoms with E-state index < -0.39 is 0 Å². The molecule has 0 saturated heterocycles. The highest BCUT2D eigenvalue weighted by molar-refractivity contribution is 5.62.